The topological polar surface area (TPSA) is 35.5 Å². The van der Waals surface area contributed by atoms with Gasteiger partial charge in [0.1, 0.15) is 0 Å². The molecule has 1 aromatic rings. The fourth-order valence-corrected chi connectivity index (χ4v) is 2.38. The molecule has 1 aromatic carbocycles. The molecule has 106 valence electrons. The zero-order valence-corrected chi connectivity index (χ0v) is 13.7. The summed E-state index contributed by atoms with van der Waals surface area (Å²) >= 11 is 0. The third-order valence-corrected chi connectivity index (χ3v) is 8.30. The van der Waals surface area contributed by atoms with Crippen LogP contribution in [0.4, 0.5) is 0 Å². The van der Waals surface area contributed by atoms with Crippen molar-refractivity contribution >= 4 is 14.3 Å². The van der Waals surface area contributed by atoms with Crippen molar-refractivity contribution in [3.8, 4) is 0 Å². The van der Waals surface area contributed by atoms with Crippen molar-refractivity contribution in [3.05, 3.63) is 35.4 Å². The number of carbonyl (C=O) groups excluding carboxylic acids is 1. The van der Waals surface area contributed by atoms with Crippen LogP contribution in [-0.2, 0) is 15.8 Å². The first kappa shape index (κ1) is 15.9. The van der Waals surface area contributed by atoms with E-state index in [4.69, 9.17) is 9.16 Å². The lowest BCUT2D eigenvalue weighted by atomic mass is 10.1. The van der Waals surface area contributed by atoms with Crippen LogP contribution in [0.5, 0.6) is 0 Å². The largest absolute Gasteiger partial charge is 0.465 e. The Morgan fingerprint density at radius 1 is 1.21 bits per heavy atom. The Labute approximate surface area is 117 Å². The summed E-state index contributed by atoms with van der Waals surface area (Å²) in [4.78, 5) is 11.7. The molecular weight excluding hydrogens is 256 g/mol. The molecule has 0 unspecified atom stereocenters. The Hall–Kier alpha value is -1.13. The lowest BCUT2D eigenvalue weighted by Gasteiger charge is -2.36. The molecule has 0 aliphatic heterocycles. The SMILES string of the molecule is COC(=O)c1ccccc1CO[Si](C)(C)C(C)(C)C. The number of benzene rings is 1. The van der Waals surface area contributed by atoms with E-state index in [-0.39, 0.29) is 11.0 Å². The Balaban J connectivity index is 2.87. The number of rotatable bonds is 4. The Morgan fingerprint density at radius 3 is 2.32 bits per heavy atom. The van der Waals surface area contributed by atoms with Crippen LogP contribution in [0.3, 0.4) is 0 Å². The molecule has 0 atom stereocenters. The molecule has 0 spiro atoms. The van der Waals surface area contributed by atoms with Gasteiger partial charge in [-0.3, -0.25) is 0 Å². The van der Waals surface area contributed by atoms with Crippen LogP contribution >= 0.6 is 0 Å². The van der Waals surface area contributed by atoms with E-state index < -0.39 is 8.32 Å². The number of hydrogen-bond acceptors (Lipinski definition) is 3. The maximum absolute atomic E-state index is 11.7. The monoisotopic (exact) mass is 280 g/mol. The molecule has 0 aromatic heterocycles. The quantitative estimate of drug-likeness (QED) is 0.618. The maximum Gasteiger partial charge on any atom is 0.338 e. The van der Waals surface area contributed by atoms with E-state index in [1.54, 1.807) is 6.07 Å². The second kappa shape index (κ2) is 5.88. The second-order valence-electron chi connectivity index (χ2n) is 6.20. The van der Waals surface area contributed by atoms with Gasteiger partial charge in [0.25, 0.3) is 0 Å². The highest BCUT2D eigenvalue weighted by molar-refractivity contribution is 6.74. The summed E-state index contributed by atoms with van der Waals surface area (Å²) in [6.07, 6.45) is 0. The van der Waals surface area contributed by atoms with Crippen LogP contribution in [0.2, 0.25) is 18.1 Å². The van der Waals surface area contributed by atoms with Crippen LogP contribution in [-0.4, -0.2) is 21.4 Å². The van der Waals surface area contributed by atoms with Crippen molar-refractivity contribution in [2.24, 2.45) is 0 Å². The van der Waals surface area contributed by atoms with E-state index in [1.807, 2.05) is 18.2 Å². The summed E-state index contributed by atoms with van der Waals surface area (Å²) in [7, 11) is -0.411. The molecule has 0 bridgehead atoms. The van der Waals surface area contributed by atoms with Crippen molar-refractivity contribution in [2.45, 2.75) is 45.5 Å². The second-order valence-corrected chi connectivity index (χ2v) is 11.0. The minimum Gasteiger partial charge on any atom is -0.465 e. The highest BCUT2D eigenvalue weighted by atomic mass is 28.4. The Kier molecular flexibility index (Phi) is 4.93. The Morgan fingerprint density at radius 2 is 1.79 bits per heavy atom. The van der Waals surface area contributed by atoms with E-state index >= 15 is 0 Å². The normalized spacial score (nSPS) is 12.3. The highest BCUT2D eigenvalue weighted by Crippen LogP contribution is 2.37. The molecule has 0 N–H and O–H groups in total. The van der Waals surface area contributed by atoms with Gasteiger partial charge in [-0.2, -0.15) is 0 Å². The first-order valence-corrected chi connectivity index (χ1v) is 9.40. The fourth-order valence-electron chi connectivity index (χ4n) is 1.43. The first-order chi connectivity index (χ1) is 8.69. The fraction of sp³-hybridized carbons (Fsp3) is 0.533. The van der Waals surface area contributed by atoms with Gasteiger partial charge in [0, 0.05) is 0 Å². The minimum absolute atomic E-state index is 0.160. The van der Waals surface area contributed by atoms with E-state index in [0.717, 1.165) is 5.56 Å². The van der Waals surface area contributed by atoms with Gasteiger partial charge >= 0.3 is 5.97 Å². The number of esters is 1. The van der Waals surface area contributed by atoms with Gasteiger partial charge < -0.3 is 9.16 Å². The van der Waals surface area contributed by atoms with Crippen LogP contribution in [0.15, 0.2) is 24.3 Å². The average Bonchev–Trinajstić information content (AvgIpc) is 2.34. The lowest BCUT2D eigenvalue weighted by Crippen LogP contribution is -2.40. The molecule has 4 heteroatoms. The number of ether oxygens (including phenoxy) is 1. The van der Waals surface area contributed by atoms with Crippen molar-refractivity contribution in [1.29, 1.82) is 0 Å². The van der Waals surface area contributed by atoms with Crippen molar-refractivity contribution < 1.29 is 14.0 Å². The summed E-state index contributed by atoms with van der Waals surface area (Å²) in [6.45, 7) is 11.5. The van der Waals surface area contributed by atoms with E-state index in [9.17, 15) is 4.79 Å². The third kappa shape index (κ3) is 3.91. The molecule has 0 heterocycles. The van der Waals surface area contributed by atoms with Gasteiger partial charge in [-0.25, -0.2) is 4.79 Å². The van der Waals surface area contributed by atoms with Crippen molar-refractivity contribution in [3.63, 3.8) is 0 Å². The molecule has 0 saturated heterocycles. The number of hydrogen-bond donors (Lipinski definition) is 0. The predicted octanol–water partition coefficient (Wildman–Crippen LogP) is 4.00. The minimum atomic E-state index is -1.81. The lowest BCUT2D eigenvalue weighted by molar-refractivity contribution is 0.0597. The van der Waals surface area contributed by atoms with E-state index in [0.29, 0.717) is 12.2 Å². The number of methoxy groups -OCH3 is 1. The summed E-state index contributed by atoms with van der Waals surface area (Å²) in [5, 5.41) is 0.160. The van der Waals surface area contributed by atoms with Gasteiger partial charge in [0.15, 0.2) is 8.32 Å². The maximum atomic E-state index is 11.7. The molecule has 0 aliphatic rings. The average molecular weight is 280 g/mol. The van der Waals surface area contributed by atoms with Crippen LogP contribution in [0.1, 0.15) is 36.7 Å². The van der Waals surface area contributed by atoms with E-state index in [2.05, 4.69) is 33.9 Å². The first-order valence-electron chi connectivity index (χ1n) is 6.49. The molecule has 19 heavy (non-hydrogen) atoms. The standard InChI is InChI=1S/C15H24O3Si/c1-15(2,3)19(5,6)18-11-12-9-7-8-10-13(12)14(16)17-4/h7-10H,11H2,1-6H3. The van der Waals surface area contributed by atoms with Gasteiger partial charge in [0.2, 0.25) is 0 Å². The van der Waals surface area contributed by atoms with Crippen LogP contribution in [0, 0.1) is 0 Å². The molecule has 1 rings (SSSR count). The zero-order valence-electron chi connectivity index (χ0n) is 12.7. The van der Waals surface area contributed by atoms with E-state index in [1.165, 1.54) is 7.11 Å². The summed E-state index contributed by atoms with van der Waals surface area (Å²) in [5.74, 6) is -0.311. The smallest absolute Gasteiger partial charge is 0.338 e. The Bertz CT molecular complexity index is 447. The van der Waals surface area contributed by atoms with Crippen LogP contribution in [0.25, 0.3) is 0 Å². The van der Waals surface area contributed by atoms with Crippen molar-refractivity contribution in [1.82, 2.24) is 0 Å². The molecule has 3 nitrogen and oxygen atoms in total. The molecule has 0 fully saturated rings. The molecular formula is C15H24O3Si. The molecule has 0 amide bonds. The van der Waals surface area contributed by atoms with Gasteiger partial charge in [0.05, 0.1) is 19.3 Å². The number of carbonyl (C=O) groups is 1. The predicted molar refractivity (Wildman–Crippen MR) is 79.8 cm³/mol. The van der Waals surface area contributed by atoms with Gasteiger partial charge in [-0.05, 0) is 29.8 Å². The van der Waals surface area contributed by atoms with Crippen molar-refractivity contribution in [2.75, 3.05) is 7.11 Å². The highest BCUT2D eigenvalue weighted by Gasteiger charge is 2.37. The molecule has 0 aliphatic carbocycles. The van der Waals surface area contributed by atoms with Gasteiger partial charge in [-0.1, -0.05) is 39.0 Å². The summed E-state index contributed by atoms with van der Waals surface area (Å²) < 4.78 is 10.9. The van der Waals surface area contributed by atoms with Crippen LogP contribution < -0.4 is 0 Å². The summed E-state index contributed by atoms with van der Waals surface area (Å²) in [6, 6.07) is 7.44. The third-order valence-electron chi connectivity index (χ3n) is 3.82. The summed E-state index contributed by atoms with van der Waals surface area (Å²) in [5.41, 5.74) is 1.47. The molecule has 0 saturated carbocycles. The van der Waals surface area contributed by atoms with Gasteiger partial charge in [-0.15, -0.1) is 0 Å². The zero-order chi connectivity index (χ0) is 14.7. The molecule has 0 radical (unpaired) electrons.